The van der Waals surface area contributed by atoms with Gasteiger partial charge in [0.15, 0.2) is 0 Å². The van der Waals surface area contributed by atoms with E-state index < -0.39 is 12.0 Å². The molecule has 0 aliphatic carbocycles. The minimum absolute atomic E-state index is 0.0441. The van der Waals surface area contributed by atoms with Crippen molar-refractivity contribution < 1.29 is 29.0 Å². The number of ether oxygens (including phenoxy) is 1. The van der Waals surface area contributed by atoms with Gasteiger partial charge in [0.25, 0.3) is 5.91 Å². The Morgan fingerprint density at radius 3 is 2.46 bits per heavy atom. The number of hydrogen-bond acceptors (Lipinski definition) is 6. The number of aliphatic carboxylic acids is 1. The Morgan fingerprint density at radius 1 is 1.14 bits per heavy atom. The fourth-order valence-corrected chi connectivity index (χ4v) is 3.31. The van der Waals surface area contributed by atoms with Gasteiger partial charge in [-0.25, -0.2) is 4.79 Å². The molecule has 150 valence electrons. The molecule has 1 aromatic rings. The van der Waals surface area contributed by atoms with E-state index in [0.717, 1.165) is 0 Å². The number of nitrogens with one attached hydrogen (secondary N) is 1. The first kappa shape index (κ1) is 19.6. The van der Waals surface area contributed by atoms with E-state index in [1.807, 2.05) is 0 Å². The molecule has 0 bridgehead atoms. The summed E-state index contributed by atoms with van der Waals surface area (Å²) in [6.07, 6.45) is 0.165. The summed E-state index contributed by atoms with van der Waals surface area (Å²) in [6.45, 7) is 1.97. The molecule has 0 atom stereocenters. The summed E-state index contributed by atoms with van der Waals surface area (Å²) in [5.74, 6) is -1.01. The second-order valence-electron chi connectivity index (χ2n) is 6.60. The number of anilines is 1. The number of carboxylic acids is 1. The van der Waals surface area contributed by atoms with Crippen molar-refractivity contribution in [1.82, 2.24) is 15.1 Å². The predicted molar refractivity (Wildman–Crippen MR) is 98.5 cm³/mol. The Morgan fingerprint density at radius 2 is 1.86 bits per heavy atom. The van der Waals surface area contributed by atoms with Crippen molar-refractivity contribution in [1.29, 1.82) is 0 Å². The standard InChI is InChI=1S/C18H22N4O6/c1-28-14-3-2-12(10-13(14)22-5-4-15(23)19-18(22)27)17(26)21-8-6-20(7-9-21)11-16(24)25/h2-3,10H,4-9,11H2,1H3,(H,24,25)(H,19,23,27). The largest absolute Gasteiger partial charge is 0.495 e. The number of rotatable bonds is 5. The number of imide groups is 1. The van der Waals surface area contributed by atoms with Gasteiger partial charge >= 0.3 is 12.0 Å². The zero-order chi connectivity index (χ0) is 20.3. The van der Waals surface area contributed by atoms with Gasteiger partial charge in [-0.2, -0.15) is 0 Å². The molecular weight excluding hydrogens is 368 g/mol. The number of hydrogen-bond donors (Lipinski definition) is 2. The number of carbonyl (C=O) groups excluding carboxylic acids is 3. The molecule has 0 spiro atoms. The van der Waals surface area contributed by atoms with Crippen molar-refractivity contribution in [3.8, 4) is 5.75 Å². The minimum atomic E-state index is -0.891. The van der Waals surface area contributed by atoms with Crippen LogP contribution in [0.2, 0.25) is 0 Å². The highest BCUT2D eigenvalue weighted by molar-refractivity contribution is 6.07. The molecule has 2 saturated heterocycles. The first-order chi connectivity index (χ1) is 13.4. The molecule has 10 heteroatoms. The lowest BCUT2D eigenvalue weighted by Crippen LogP contribution is -2.50. The lowest BCUT2D eigenvalue weighted by molar-refractivity contribution is -0.138. The van der Waals surface area contributed by atoms with E-state index in [1.54, 1.807) is 28.0 Å². The Bertz CT molecular complexity index is 803. The zero-order valence-electron chi connectivity index (χ0n) is 15.5. The normalized spacial score (nSPS) is 18.0. The number of urea groups is 1. The van der Waals surface area contributed by atoms with Crippen LogP contribution >= 0.6 is 0 Å². The van der Waals surface area contributed by atoms with E-state index >= 15 is 0 Å². The second kappa shape index (κ2) is 8.26. The molecule has 1 aromatic carbocycles. The fraction of sp³-hybridized carbons (Fsp3) is 0.444. The number of carbonyl (C=O) groups is 4. The molecule has 2 fully saturated rings. The maximum Gasteiger partial charge on any atom is 0.328 e. The van der Waals surface area contributed by atoms with Crippen LogP contribution in [0.4, 0.5) is 10.5 Å². The van der Waals surface area contributed by atoms with Gasteiger partial charge in [-0.15, -0.1) is 0 Å². The zero-order valence-corrected chi connectivity index (χ0v) is 15.5. The molecule has 2 heterocycles. The molecule has 4 amide bonds. The third kappa shape index (κ3) is 4.22. The summed E-state index contributed by atoms with van der Waals surface area (Å²) in [7, 11) is 1.47. The molecule has 0 radical (unpaired) electrons. The van der Waals surface area contributed by atoms with Crippen molar-refractivity contribution in [2.45, 2.75) is 6.42 Å². The van der Waals surface area contributed by atoms with E-state index in [-0.39, 0.29) is 31.3 Å². The number of nitrogens with zero attached hydrogens (tertiary/aromatic N) is 3. The summed E-state index contributed by atoms with van der Waals surface area (Å²) < 4.78 is 5.31. The van der Waals surface area contributed by atoms with Gasteiger partial charge in [0.1, 0.15) is 5.75 Å². The first-order valence-electron chi connectivity index (χ1n) is 8.92. The topological polar surface area (TPSA) is 119 Å². The molecule has 2 aliphatic rings. The van der Waals surface area contributed by atoms with Crippen LogP contribution in [0.25, 0.3) is 0 Å². The molecular formula is C18H22N4O6. The first-order valence-corrected chi connectivity index (χ1v) is 8.92. The molecule has 3 rings (SSSR count). The molecule has 28 heavy (non-hydrogen) atoms. The quantitative estimate of drug-likeness (QED) is 0.725. The van der Waals surface area contributed by atoms with Crippen LogP contribution in [0.3, 0.4) is 0 Å². The van der Waals surface area contributed by atoms with E-state index in [0.29, 0.717) is 43.2 Å². The Hall–Kier alpha value is -3.14. The lowest BCUT2D eigenvalue weighted by atomic mass is 10.1. The number of methoxy groups -OCH3 is 1. The smallest absolute Gasteiger partial charge is 0.328 e. The summed E-state index contributed by atoms with van der Waals surface area (Å²) in [5.41, 5.74) is 0.815. The molecule has 0 aromatic heterocycles. The molecule has 0 unspecified atom stereocenters. The second-order valence-corrected chi connectivity index (χ2v) is 6.60. The van der Waals surface area contributed by atoms with Crippen molar-refractivity contribution in [2.75, 3.05) is 51.3 Å². The highest BCUT2D eigenvalue weighted by Crippen LogP contribution is 2.31. The third-order valence-electron chi connectivity index (χ3n) is 4.79. The van der Waals surface area contributed by atoms with Crippen LogP contribution < -0.4 is 15.0 Å². The average molecular weight is 390 g/mol. The van der Waals surface area contributed by atoms with Crippen LogP contribution in [0.5, 0.6) is 5.75 Å². The Balaban J connectivity index is 1.76. The fourth-order valence-electron chi connectivity index (χ4n) is 3.31. The number of piperazine rings is 1. The van der Waals surface area contributed by atoms with Crippen LogP contribution in [0.1, 0.15) is 16.8 Å². The molecule has 2 aliphatic heterocycles. The van der Waals surface area contributed by atoms with Gasteiger partial charge < -0.3 is 14.7 Å². The van der Waals surface area contributed by atoms with E-state index in [9.17, 15) is 19.2 Å². The van der Waals surface area contributed by atoms with E-state index in [1.165, 1.54) is 12.0 Å². The maximum absolute atomic E-state index is 12.9. The Kier molecular flexibility index (Phi) is 5.78. The van der Waals surface area contributed by atoms with Crippen LogP contribution in [-0.4, -0.2) is 85.1 Å². The monoisotopic (exact) mass is 390 g/mol. The molecule has 2 N–H and O–H groups in total. The highest BCUT2D eigenvalue weighted by Gasteiger charge is 2.28. The molecule has 10 nitrogen and oxygen atoms in total. The van der Waals surface area contributed by atoms with Gasteiger partial charge in [0.2, 0.25) is 5.91 Å². The minimum Gasteiger partial charge on any atom is -0.495 e. The van der Waals surface area contributed by atoms with Gasteiger partial charge in [-0.3, -0.25) is 29.5 Å². The van der Waals surface area contributed by atoms with Gasteiger partial charge in [0, 0.05) is 44.7 Å². The van der Waals surface area contributed by atoms with Crippen molar-refractivity contribution in [2.24, 2.45) is 0 Å². The number of amides is 4. The Labute approximate surface area is 161 Å². The van der Waals surface area contributed by atoms with Gasteiger partial charge in [-0.05, 0) is 18.2 Å². The summed E-state index contributed by atoms with van der Waals surface area (Å²) >= 11 is 0. The van der Waals surface area contributed by atoms with Crippen LogP contribution in [-0.2, 0) is 9.59 Å². The van der Waals surface area contributed by atoms with Crippen molar-refractivity contribution in [3.63, 3.8) is 0 Å². The van der Waals surface area contributed by atoms with Gasteiger partial charge in [0.05, 0.1) is 19.3 Å². The number of carboxylic acid groups (broad SMARTS) is 1. The molecule has 0 saturated carbocycles. The van der Waals surface area contributed by atoms with Crippen molar-refractivity contribution >= 4 is 29.5 Å². The summed E-state index contributed by atoms with van der Waals surface area (Å²) in [6, 6.07) is 4.27. The van der Waals surface area contributed by atoms with Crippen molar-refractivity contribution in [3.05, 3.63) is 23.8 Å². The SMILES string of the molecule is COc1ccc(C(=O)N2CCN(CC(=O)O)CC2)cc1N1CCC(=O)NC1=O. The maximum atomic E-state index is 12.9. The number of benzene rings is 1. The summed E-state index contributed by atoms with van der Waals surface area (Å²) in [4.78, 5) is 52.1. The van der Waals surface area contributed by atoms with E-state index in [4.69, 9.17) is 9.84 Å². The van der Waals surface area contributed by atoms with Gasteiger partial charge in [-0.1, -0.05) is 0 Å². The summed E-state index contributed by atoms with van der Waals surface area (Å²) in [5, 5.41) is 11.1. The van der Waals surface area contributed by atoms with E-state index in [2.05, 4.69) is 5.32 Å². The highest BCUT2D eigenvalue weighted by atomic mass is 16.5. The third-order valence-corrected chi connectivity index (χ3v) is 4.79. The lowest BCUT2D eigenvalue weighted by Gasteiger charge is -2.34. The average Bonchev–Trinajstić information content (AvgIpc) is 2.67. The predicted octanol–water partition coefficient (Wildman–Crippen LogP) is -0.0161. The van der Waals surface area contributed by atoms with Crippen LogP contribution in [0, 0.1) is 0 Å². The van der Waals surface area contributed by atoms with Crippen LogP contribution in [0.15, 0.2) is 18.2 Å².